The Morgan fingerprint density at radius 3 is 2.47 bits per heavy atom. The molecular formula is C20H28N3NaO6. The van der Waals surface area contributed by atoms with Crippen LogP contribution in [-0.2, 0) is 24.5 Å². The number of hydrogen-bond acceptors (Lipinski definition) is 6. The first-order valence-corrected chi connectivity index (χ1v) is 9.63. The van der Waals surface area contributed by atoms with Crippen molar-refractivity contribution in [3.05, 3.63) is 35.9 Å². The van der Waals surface area contributed by atoms with Gasteiger partial charge in [-0.3, -0.25) is 19.8 Å². The van der Waals surface area contributed by atoms with E-state index in [4.69, 9.17) is 15.2 Å². The van der Waals surface area contributed by atoms with Crippen molar-refractivity contribution in [2.75, 3.05) is 19.8 Å². The molecule has 1 fully saturated rings. The minimum Gasteiger partial charge on any atom is -1.00 e. The van der Waals surface area contributed by atoms with Crippen LogP contribution in [0.5, 0.6) is 0 Å². The average Bonchev–Trinajstić information content (AvgIpc) is 2.69. The molecule has 0 radical (unpaired) electrons. The third-order valence-electron chi connectivity index (χ3n) is 4.88. The number of hydrogen-bond donors (Lipinski definition) is 2. The van der Waals surface area contributed by atoms with E-state index in [9.17, 15) is 19.2 Å². The molecule has 10 heteroatoms. The molecule has 0 bridgehead atoms. The van der Waals surface area contributed by atoms with Gasteiger partial charge in [-0.15, -0.1) is 0 Å². The molecule has 3 N–H and O–H groups in total. The molecular weight excluding hydrogens is 401 g/mol. The topological polar surface area (TPSA) is 128 Å². The quantitative estimate of drug-likeness (QED) is 0.273. The molecule has 0 spiro atoms. The van der Waals surface area contributed by atoms with Gasteiger partial charge in [-0.05, 0) is 18.4 Å². The number of carbonyl (C=O) groups is 4. The van der Waals surface area contributed by atoms with Crippen LogP contribution < -0.4 is 40.6 Å². The van der Waals surface area contributed by atoms with Crippen LogP contribution in [0.4, 0.5) is 9.59 Å². The zero-order valence-electron chi connectivity index (χ0n) is 18.7. The van der Waals surface area contributed by atoms with E-state index in [-0.39, 0.29) is 50.6 Å². The first kappa shape index (κ1) is 26.1. The van der Waals surface area contributed by atoms with Crippen molar-refractivity contribution < 1.29 is 59.6 Å². The second-order valence-corrected chi connectivity index (χ2v) is 6.79. The first-order valence-electron chi connectivity index (χ1n) is 9.63. The summed E-state index contributed by atoms with van der Waals surface area (Å²) in [5, 5.41) is 2.25. The number of unbranched alkanes of at least 4 members (excludes halogenated alkanes) is 1. The molecule has 0 aliphatic carbocycles. The van der Waals surface area contributed by atoms with Gasteiger partial charge in [-0.25, -0.2) is 9.59 Å². The average molecular weight is 429 g/mol. The molecule has 2 atom stereocenters. The third-order valence-corrected chi connectivity index (χ3v) is 4.88. The summed E-state index contributed by atoms with van der Waals surface area (Å²) in [4.78, 5) is 50.6. The number of nitrogens with one attached hydrogen (secondary N) is 1. The summed E-state index contributed by atoms with van der Waals surface area (Å²) in [7, 11) is 0. The Morgan fingerprint density at radius 2 is 1.90 bits per heavy atom. The van der Waals surface area contributed by atoms with Gasteiger partial charge in [0.05, 0.1) is 13.2 Å². The van der Waals surface area contributed by atoms with Crippen LogP contribution in [0.3, 0.4) is 0 Å². The van der Waals surface area contributed by atoms with Crippen LogP contribution in [0.1, 0.15) is 40.1 Å². The number of barbiturate groups is 1. The number of carbonyl (C=O) groups excluding carboxylic acids is 4. The first-order chi connectivity index (χ1) is 13.9. The van der Waals surface area contributed by atoms with Crippen molar-refractivity contribution in [1.29, 1.82) is 0 Å². The van der Waals surface area contributed by atoms with Gasteiger partial charge in [-0.2, -0.15) is 0 Å². The minimum atomic E-state index is -1.55. The van der Waals surface area contributed by atoms with E-state index in [2.05, 4.69) is 5.32 Å². The number of amides is 5. The molecule has 1 aliphatic heterocycles. The molecule has 0 saturated carbocycles. The molecule has 2 rings (SSSR count). The van der Waals surface area contributed by atoms with Crippen LogP contribution in [-0.4, -0.2) is 54.7 Å². The normalized spacial score (nSPS) is 19.7. The van der Waals surface area contributed by atoms with Crippen molar-refractivity contribution in [1.82, 2.24) is 10.2 Å². The molecule has 9 nitrogen and oxygen atoms in total. The summed E-state index contributed by atoms with van der Waals surface area (Å²) in [6.07, 6.45) is -0.0994. The predicted octanol–water partition coefficient (Wildman–Crippen LogP) is -1.19. The number of rotatable bonds is 10. The van der Waals surface area contributed by atoms with E-state index in [1.54, 1.807) is 37.3 Å². The van der Waals surface area contributed by atoms with E-state index >= 15 is 0 Å². The van der Waals surface area contributed by atoms with Crippen molar-refractivity contribution in [3.8, 4) is 0 Å². The van der Waals surface area contributed by atoms with Gasteiger partial charge >= 0.3 is 41.7 Å². The standard InChI is InChI=1S/C20H27N3O6.Na.H/c1-3-5-11-28-13-15(29-18(21)26)12-23-17(25)20(4-2,16(24)22-19(23)27)14-9-7-6-8-10-14;;/h6-10,15H,3-5,11-13H2,1-2H3,(H2,21,26)(H,22,24,27);;/q;+1;-1. The van der Waals surface area contributed by atoms with Gasteiger partial charge in [0.25, 0.3) is 5.91 Å². The van der Waals surface area contributed by atoms with Gasteiger partial charge in [0.1, 0.15) is 6.10 Å². The Balaban J connectivity index is 0.00000450. The Labute approximate surface area is 199 Å². The van der Waals surface area contributed by atoms with Crippen molar-refractivity contribution in [2.45, 2.75) is 44.6 Å². The molecule has 1 aliphatic rings. The molecule has 2 unspecified atom stereocenters. The van der Waals surface area contributed by atoms with Gasteiger partial charge in [0.15, 0.2) is 5.41 Å². The molecule has 160 valence electrons. The van der Waals surface area contributed by atoms with Crippen LogP contribution in [0.25, 0.3) is 0 Å². The number of primary amides is 1. The Kier molecular flexibility index (Phi) is 10.5. The molecule has 0 aromatic heterocycles. The Hall–Kier alpha value is -1.94. The van der Waals surface area contributed by atoms with E-state index in [0.717, 1.165) is 17.7 Å². The largest absolute Gasteiger partial charge is 1.00 e. The molecule has 1 aromatic carbocycles. The zero-order chi connectivity index (χ0) is 21.4. The number of imide groups is 2. The second kappa shape index (κ2) is 12.0. The number of nitrogens with zero attached hydrogens (tertiary/aromatic N) is 1. The molecule has 5 amide bonds. The summed E-state index contributed by atoms with van der Waals surface area (Å²) < 4.78 is 10.5. The SMILES string of the molecule is CCCCOCC(CN1C(=O)NC(=O)C(CC)(c2ccccc2)C1=O)OC(N)=O.[H-].[Na+]. The number of benzene rings is 1. The Morgan fingerprint density at radius 1 is 1.23 bits per heavy atom. The number of urea groups is 1. The predicted molar refractivity (Wildman–Crippen MR) is 105 cm³/mol. The minimum absolute atomic E-state index is 0. The van der Waals surface area contributed by atoms with E-state index in [1.807, 2.05) is 6.92 Å². The summed E-state index contributed by atoms with van der Waals surface area (Å²) >= 11 is 0. The van der Waals surface area contributed by atoms with Gasteiger partial charge < -0.3 is 16.6 Å². The van der Waals surface area contributed by atoms with Crippen molar-refractivity contribution in [3.63, 3.8) is 0 Å². The van der Waals surface area contributed by atoms with Crippen LogP contribution in [0.15, 0.2) is 30.3 Å². The van der Waals surface area contributed by atoms with Crippen LogP contribution >= 0.6 is 0 Å². The van der Waals surface area contributed by atoms with Crippen molar-refractivity contribution in [2.24, 2.45) is 5.73 Å². The molecule has 1 saturated heterocycles. The number of nitrogens with two attached hydrogens (primary N) is 1. The van der Waals surface area contributed by atoms with Gasteiger partial charge in [0, 0.05) is 6.61 Å². The fourth-order valence-corrected chi connectivity index (χ4v) is 3.30. The summed E-state index contributed by atoms with van der Waals surface area (Å²) in [5.74, 6) is -1.35. The fraction of sp³-hybridized carbons (Fsp3) is 0.500. The van der Waals surface area contributed by atoms with E-state index in [0.29, 0.717) is 12.2 Å². The molecule has 1 aromatic rings. The van der Waals surface area contributed by atoms with Crippen LogP contribution in [0, 0.1) is 0 Å². The second-order valence-electron chi connectivity index (χ2n) is 6.79. The smallest absolute Gasteiger partial charge is 1.00 e. The van der Waals surface area contributed by atoms with E-state index < -0.39 is 35.5 Å². The third kappa shape index (κ3) is 5.81. The Bertz CT molecular complexity index is 767. The van der Waals surface area contributed by atoms with Crippen LogP contribution in [0.2, 0.25) is 0 Å². The van der Waals surface area contributed by atoms with Gasteiger partial charge in [0.2, 0.25) is 5.91 Å². The summed E-state index contributed by atoms with van der Waals surface area (Å²) in [6, 6.07) is 7.67. The van der Waals surface area contributed by atoms with Gasteiger partial charge in [-0.1, -0.05) is 50.6 Å². The summed E-state index contributed by atoms with van der Waals surface area (Å²) in [6.45, 7) is 3.84. The fourth-order valence-electron chi connectivity index (χ4n) is 3.30. The monoisotopic (exact) mass is 429 g/mol. The number of ether oxygens (including phenoxy) is 2. The maximum atomic E-state index is 13.3. The summed E-state index contributed by atoms with van der Waals surface area (Å²) in [5.41, 5.74) is 4.05. The zero-order valence-corrected chi connectivity index (χ0v) is 19.7. The maximum absolute atomic E-state index is 13.3. The molecule has 1 heterocycles. The maximum Gasteiger partial charge on any atom is 1.00 e. The van der Waals surface area contributed by atoms with Crippen molar-refractivity contribution >= 4 is 23.9 Å². The molecule has 30 heavy (non-hydrogen) atoms. The van der Waals surface area contributed by atoms with E-state index in [1.165, 1.54) is 0 Å².